The van der Waals surface area contributed by atoms with Gasteiger partial charge in [-0.2, -0.15) is 0 Å². The third-order valence-electron chi connectivity index (χ3n) is 4.35. The van der Waals surface area contributed by atoms with E-state index in [4.69, 9.17) is 4.74 Å². The van der Waals surface area contributed by atoms with Gasteiger partial charge in [0.05, 0.1) is 5.69 Å². The molecule has 1 amide bonds. The van der Waals surface area contributed by atoms with Crippen molar-refractivity contribution < 1.29 is 9.53 Å². The van der Waals surface area contributed by atoms with Crippen molar-refractivity contribution in [2.45, 2.75) is 13.2 Å². The molecule has 3 aromatic carbocycles. The molecule has 29 heavy (non-hydrogen) atoms. The van der Waals surface area contributed by atoms with Crippen LogP contribution in [0.25, 0.3) is 5.69 Å². The molecule has 0 aliphatic rings. The van der Waals surface area contributed by atoms with Gasteiger partial charge < -0.3 is 10.1 Å². The number of nitrogens with one attached hydrogen (secondary N) is 1. The van der Waals surface area contributed by atoms with E-state index >= 15 is 0 Å². The van der Waals surface area contributed by atoms with Crippen LogP contribution in [0, 0.1) is 0 Å². The van der Waals surface area contributed by atoms with E-state index in [2.05, 4.69) is 20.8 Å². The van der Waals surface area contributed by atoms with Crippen LogP contribution in [0.15, 0.2) is 85.2 Å². The normalized spacial score (nSPS) is 10.5. The van der Waals surface area contributed by atoms with Crippen LogP contribution in [0.3, 0.4) is 0 Å². The lowest BCUT2D eigenvalue weighted by atomic mass is 10.1. The Morgan fingerprint density at radius 1 is 0.931 bits per heavy atom. The van der Waals surface area contributed by atoms with Gasteiger partial charge in [-0.25, -0.2) is 4.68 Å². The first kappa shape index (κ1) is 18.4. The van der Waals surface area contributed by atoms with E-state index < -0.39 is 0 Å². The van der Waals surface area contributed by atoms with Gasteiger partial charge in [0, 0.05) is 12.1 Å². The molecule has 0 unspecified atom stereocenters. The molecule has 1 N–H and O–H groups in total. The van der Waals surface area contributed by atoms with E-state index in [1.165, 1.54) is 11.0 Å². The minimum absolute atomic E-state index is 0.163. The Labute approximate surface area is 168 Å². The Balaban J connectivity index is 1.32. The monoisotopic (exact) mass is 385 g/mol. The van der Waals surface area contributed by atoms with Gasteiger partial charge in [-0.05, 0) is 51.9 Å². The maximum absolute atomic E-state index is 12.5. The van der Waals surface area contributed by atoms with Crippen LogP contribution in [-0.2, 0) is 13.2 Å². The van der Waals surface area contributed by atoms with Gasteiger partial charge >= 0.3 is 0 Å². The third kappa shape index (κ3) is 4.84. The molecule has 7 nitrogen and oxygen atoms in total. The number of amides is 1. The fraction of sp³-hybridized carbons (Fsp3) is 0.0909. The largest absolute Gasteiger partial charge is 0.489 e. The van der Waals surface area contributed by atoms with Crippen LogP contribution in [0.2, 0.25) is 0 Å². The van der Waals surface area contributed by atoms with E-state index in [9.17, 15) is 4.79 Å². The molecule has 0 saturated heterocycles. The van der Waals surface area contributed by atoms with Gasteiger partial charge in [0.25, 0.3) is 5.91 Å². The minimum atomic E-state index is -0.163. The summed E-state index contributed by atoms with van der Waals surface area (Å²) in [7, 11) is 0. The van der Waals surface area contributed by atoms with Gasteiger partial charge in [-0.1, -0.05) is 48.5 Å². The number of hydrogen-bond donors (Lipinski definition) is 1. The number of rotatable bonds is 7. The van der Waals surface area contributed by atoms with E-state index in [1.54, 1.807) is 18.2 Å². The highest BCUT2D eigenvalue weighted by Crippen LogP contribution is 2.15. The second kappa shape index (κ2) is 8.79. The number of benzene rings is 3. The number of carbonyl (C=O) groups is 1. The molecular weight excluding hydrogens is 366 g/mol. The predicted molar refractivity (Wildman–Crippen MR) is 108 cm³/mol. The molecule has 4 rings (SSSR count). The van der Waals surface area contributed by atoms with Gasteiger partial charge in [-0.3, -0.25) is 4.79 Å². The van der Waals surface area contributed by atoms with Crippen molar-refractivity contribution in [2.24, 2.45) is 0 Å². The number of ether oxygens (including phenoxy) is 1. The molecule has 144 valence electrons. The summed E-state index contributed by atoms with van der Waals surface area (Å²) in [6.07, 6.45) is 1.48. The molecule has 1 heterocycles. The van der Waals surface area contributed by atoms with E-state index in [-0.39, 0.29) is 5.91 Å². The second-order valence-electron chi connectivity index (χ2n) is 6.41. The van der Waals surface area contributed by atoms with Crippen molar-refractivity contribution in [3.63, 3.8) is 0 Å². The highest BCUT2D eigenvalue weighted by Gasteiger charge is 2.08. The molecular formula is C22H19N5O2. The molecule has 1 aromatic heterocycles. The summed E-state index contributed by atoms with van der Waals surface area (Å²) in [5.41, 5.74) is 3.37. The van der Waals surface area contributed by atoms with Crippen LogP contribution in [-0.4, -0.2) is 26.1 Å². The topological polar surface area (TPSA) is 81.9 Å². The van der Waals surface area contributed by atoms with Crippen molar-refractivity contribution in [3.05, 3.63) is 102 Å². The molecule has 7 heteroatoms. The number of nitrogens with zero attached hydrogens (tertiary/aromatic N) is 4. The van der Waals surface area contributed by atoms with Crippen LogP contribution in [0.5, 0.6) is 5.75 Å². The lowest BCUT2D eigenvalue weighted by Crippen LogP contribution is -2.22. The number of tetrazole rings is 1. The number of aromatic nitrogens is 4. The Hall–Kier alpha value is -4.00. The quantitative estimate of drug-likeness (QED) is 0.528. The number of carbonyl (C=O) groups excluding carboxylic acids is 1. The van der Waals surface area contributed by atoms with Gasteiger partial charge in [0.2, 0.25) is 0 Å². The summed E-state index contributed by atoms with van der Waals surface area (Å²) in [5.74, 6) is 0.627. The molecule has 0 fully saturated rings. The van der Waals surface area contributed by atoms with Crippen molar-refractivity contribution in [1.82, 2.24) is 25.5 Å². The zero-order valence-electron chi connectivity index (χ0n) is 15.6. The first-order valence-corrected chi connectivity index (χ1v) is 9.15. The highest BCUT2D eigenvalue weighted by atomic mass is 16.5. The van der Waals surface area contributed by atoms with Crippen LogP contribution in [0.4, 0.5) is 0 Å². The molecule has 0 saturated carbocycles. The Morgan fingerprint density at radius 3 is 2.52 bits per heavy atom. The van der Waals surface area contributed by atoms with Gasteiger partial charge in [-0.15, -0.1) is 5.10 Å². The highest BCUT2D eigenvalue weighted by molar-refractivity contribution is 5.94. The molecule has 0 bridgehead atoms. The van der Waals surface area contributed by atoms with Crippen LogP contribution in [0.1, 0.15) is 21.5 Å². The fourth-order valence-electron chi connectivity index (χ4n) is 2.80. The first-order valence-electron chi connectivity index (χ1n) is 9.15. The summed E-state index contributed by atoms with van der Waals surface area (Å²) in [5, 5.41) is 14.0. The Morgan fingerprint density at radius 2 is 1.76 bits per heavy atom. The summed E-state index contributed by atoms with van der Waals surface area (Å²) in [6.45, 7) is 0.946. The molecule has 0 atom stereocenters. The van der Waals surface area contributed by atoms with Gasteiger partial charge in [0.1, 0.15) is 18.7 Å². The number of hydrogen-bond acceptors (Lipinski definition) is 5. The maximum atomic E-state index is 12.5. The van der Waals surface area contributed by atoms with Crippen molar-refractivity contribution in [1.29, 1.82) is 0 Å². The molecule has 4 aromatic rings. The Bertz CT molecular complexity index is 1060. The maximum Gasteiger partial charge on any atom is 0.251 e. The first-order chi connectivity index (χ1) is 14.3. The van der Waals surface area contributed by atoms with E-state index in [0.29, 0.717) is 18.7 Å². The summed E-state index contributed by atoms with van der Waals surface area (Å²) >= 11 is 0. The van der Waals surface area contributed by atoms with E-state index in [0.717, 1.165) is 22.6 Å². The molecule has 0 spiro atoms. The lowest BCUT2D eigenvalue weighted by Gasteiger charge is -2.09. The molecule has 0 aliphatic heterocycles. The summed E-state index contributed by atoms with van der Waals surface area (Å²) in [6, 6.07) is 24.8. The SMILES string of the molecule is O=C(NCc1ccc(OCc2ccccc2)cc1)c1cccc(-n2cnnn2)c1. The van der Waals surface area contributed by atoms with Crippen molar-refractivity contribution >= 4 is 5.91 Å². The predicted octanol–water partition coefficient (Wildman–Crippen LogP) is 3.17. The van der Waals surface area contributed by atoms with Crippen molar-refractivity contribution in [2.75, 3.05) is 0 Å². The van der Waals surface area contributed by atoms with Crippen molar-refractivity contribution in [3.8, 4) is 11.4 Å². The van der Waals surface area contributed by atoms with E-state index in [1.807, 2.05) is 60.7 Å². The summed E-state index contributed by atoms with van der Waals surface area (Å²) in [4.78, 5) is 12.5. The standard InChI is InChI=1S/C22H19N5O2/c28-22(19-7-4-8-20(13-19)27-16-24-25-26-27)23-14-17-9-11-21(12-10-17)29-15-18-5-2-1-3-6-18/h1-13,16H,14-15H2,(H,23,28). The second-order valence-corrected chi connectivity index (χ2v) is 6.41. The van der Waals surface area contributed by atoms with Crippen LogP contribution >= 0.6 is 0 Å². The average Bonchev–Trinajstić information content (AvgIpc) is 3.33. The van der Waals surface area contributed by atoms with Crippen LogP contribution < -0.4 is 10.1 Å². The smallest absolute Gasteiger partial charge is 0.251 e. The average molecular weight is 385 g/mol. The zero-order valence-corrected chi connectivity index (χ0v) is 15.6. The molecule has 0 aliphatic carbocycles. The minimum Gasteiger partial charge on any atom is -0.489 e. The lowest BCUT2D eigenvalue weighted by molar-refractivity contribution is 0.0951. The summed E-state index contributed by atoms with van der Waals surface area (Å²) < 4.78 is 7.29. The third-order valence-corrected chi connectivity index (χ3v) is 4.35. The zero-order chi connectivity index (χ0) is 19.9. The molecule has 0 radical (unpaired) electrons. The fourth-order valence-corrected chi connectivity index (χ4v) is 2.80. The Kier molecular flexibility index (Phi) is 5.57. The van der Waals surface area contributed by atoms with Gasteiger partial charge in [0.15, 0.2) is 0 Å².